The van der Waals surface area contributed by atoms with E-state index in [1.807, 2.05) is 47.5 Å². The van der Waals surface area contributed by atoms with Crippen molar-refractivity contribution in [2.24, 2.45) is 0 Å². The number of pyridine rings is 1. The first-order valence-electron chi connectivity index (χ1n) is 9.13. The van der Waals surface area contributed by atoms with Crippen molar-refractivity contribution >= 4 is 16.8 Å². The number of aromatic nitrogens is 4. The molecule has 0 spiro atoms. The number of carbonyl (C=O) groups is 1. The summed E-state index contributed by atoms with van der Waals surface area (Å²) in [5, 5.41) is 7.86. The number of nitrogens with zero attached hydrogens (tertiary/aromatic N) is 3. The van der Waals surface area contributed by atoms with E-state index in [2.05, 4.69) is 26.2 Å². The first kappa shape index (κ1) is 15.8. The third-order valence-corrected chi connectivity index (χ3v) is 5.23. The van der Waals surface area contributed by atoms with Crippen LogP contribution < -0.4 is 0 Å². The minimum absolute atomic E-state index is 0.0317. The second-order valence-corrected chi connectivity index (χ2v) is 6.88. The molecule has 1 aliphatic heterocycles. The summed E-state index contributed by atoms with van der Waals surface area (Å²) in [4.78, 5) is 22.9. The van der Waals surface area contributed by atoms with E-state index in [1.54, 1.807) is 12.4 Å². The summed E-state index contributed by atoms with van der Waals surface area (Å²) in [6, 6.07) is 14.0. The van der Waals surface area contributed by atoms with E-state index in [0.29, 0.717) is 5.69 Å². The topological polar surface area (TPSA) is 77.7 Å². The predicted molar refractivity (Wildman–Crippen MR) is 103 cm³/mol. The van der Waals surface area contributed by atoms with Crippen LogP contribution in [0.5, 0.6) is 0 Å². The third-order valence-electron chi connectivity index (χ3n) is 5.23. The number of hydrogen-bond acceptors (Lipinski definition) is 3. The second kappa shape index (κ2) is 6.39. The van der Waals surface area contributed by atoms with Gasteiger partial charge in [0, 0.05) is 35.4 Å². The van der Waals surface area contributed by atoms with Crippen molar-refractivity contribution in [1.29, 1.82) is 0 Å². The molecule has 1 amide bonds. The molecular formula is C21H19N5O. The van der Waals surface area contributed by atoms with Crippen molar-refractivity contribution < 1.29 is 4.79 Å². The van der Waals surface area contributed by atoms with Crippen molar-refractivity contribution in [1.82, 2.24) is 25.1 Å². The van der Waals surface area contributed by atoms with Crippen molar-refractivity contribution in [2.75, 3.05) is 6.54 Å². The van der Waals surface area contributed by atoms with Crippen LogP contribution in [0.2, 0.25) is 0 Å². The Balaban J connectivity index is 1.47. The van der Waals surface area contributed by atoms with Crippen molar-refractivity contribution in [3.05, 3.63) is 72.4 Å². The van der Waals surface area contributed by atoms with Gasteiger partial charge in [0.15, 0.2) is 0 Å². The highest BCUT2D eigenvalue weighted by atomic mass is 16.2. The van der Waals surface area contributed by atoms with E-state index in [4.69, 9.17) is 0 Å². The molecule has 134 valence electrons. The van der Waals surface area contributed by atoms with Crippen LogP contribution in [0.15, 0.2) is 61.1 Å². The molecule has 1 saturated heterocycles. The molecule has 5 rings (SSSR count). The molecule has 4 aromatic rings. The maximum absolute atomic E-state index is 13.2. The molecule has 0 aliphatic carbocycles. The van der Waals surface area contributed by atoms with Crippen LogP contribution in [0, 0.1) is 0 Å². The minimum atomic E-state index is 0.0317. The summed E-state index contributed by atoms with van der Waals surface area (Å²) >= 11 is 0. The fraction of sp³-hybridized carbons (Fsp3) is 0.190. The van der Waals surface area contributed by atoms with Gasteiger partial charge in [0.1, 0.15) is 5.69 Å². The number of nitrogens with one attached hydrogen (secondary N) is 2. The number of amides is 1. The quantitative estimate of drug-likeness (QED) is 0.583. The number of aromatic amines is 2. The van der Waals surface area contributed by atoms with Gasteiger partial charge in [0.05, 0.1) is 17.9 Å². The van der Waals surface area contributed by atoms with Crippen LogP contribution in [0.25, 0.3) is 22.0 Å². The average molecular weight is 357 g/mol. The molecule has 3 aromatic heterocycles. The van der Waals surface area contributed by atoms with Crippen LogP contribution in [-0.4, -0.2) is 37.5 Å². The van der Waals surface area contributed by atoms with Gasteiger partial charge in [-0.3, -0.25) is 14.9 Å². The molecule has 1 unspecified atom stereocenters. The minimum Gasteiger partial charge on any atom is -0.351 e. The number of likely N-dealkylation sites (tertiary alicyclic amines) is 1. The Hall–Kier alpha value is -3.41. The molecule has 6 heteroatoms. The first-order chi connectivity index (χ1) is 13.3. The Morgan fingerprint density at radius 1 is 1.15 bits per heavy atom. The molecule has 1 aromatic carbocycles. The SMILES string of the molecule is O=C(c1cc2ccc(-c3cn[nH]c3)cc2[nH]1)N1CCCC1c1ccccn1. The van der Waals surface area contributed by atoms with Gasteiger partial charge in [-0.15, -0.1) is 0 Å². The lowest BCUT2D eigenvalue weighted by Crippen LogP contribution is -2.31. The summed E-state index contributed by atoms with van der Waals surface area (Å²) in [7, 11) is 0. The Morgan fingerprint density at radius 2 is 2.11 bits per heavy atom. The van der Waals surface area contributed by atoms with Crippen LogP contribution >= 0.6 is 0 Å². The maximum atomic E-state index is 13.2. The molecule has 6 nitrogen and oxygen atoms in total. The molecule has 0 bridgehead atoms. The van der Waals surface area contributed by atoms with Crippen molar-refractivity contribution in [3.63, 3.8) is 0 Å². The standard InChI is InChI=1S/C21H19N5O/c27-21(26-9-3-5-20(26)17-4-1-2-8-22-17)19-11-15-7-6-14(10-18(15)25-19)16-12-23-24-13-16/h1-2,4,6-8,10-13,20,25H,3,5,9H2,(H,23,24). The summed E-state index contributed by atoms with van der Waals surface area (Å²) in [6.45, 7) is 0.760. The van der Waals surface area contributed by atoms with Gasteiger partial charge in [0.25, 0.3) is 5.91 Å². The maximum Gasteiger partial charge on any atom is 0.270 e. The normalized spacial score (nSPS) is 16.9. The van der Waals surface area contributed by atoms with E-state index in [-0.39, 0.29) is 11.9 Å². The monoisotopic (exact) mass is 357 g/mol. The van der Waals surface area contributed by atoms with Gasteiger partial charge in [-0.1, -0.05) is 18.2 Å². The number of rotatable bonds is 3. The summed E-state index contributed by atoms with van der Waals surface area (Å²) in [5.74, 6) is 0.0317. The predicted octanol–water partition coefficient (Wildman–Crippen LogP) is 3.93. The molecule has 4 heterocycles. The zero-order valence-electron chi connectivity index (χ0n) is 14.7. The number of fused-ring (bicyclic) bond motifs is 1. The van der Waals surface area contributed by atoms with Crippen LogP contribution in [0.3, 0.4) is 0 Å². The molecule has 1 aliphatic rings. The van der Waals surface area contributed by atoms with Gasteiger partial charge in [-0.2, -0.15) is 5.10 Å². The van der Waals surface area contributed by atoms with Gasteiger partial charge >= 0.3 is 0 Å². The van der Waals surface area contributed by atoms with E-state index >= 15 is 0 Å². The Bertz CT molecular complexity index is 1080. The van der Waals surface area contributed by atoms with Gasteiger partial charge < -0.3 is 9.88 Å². The summed E-state index contributed by atoms with van der Waals surface area (Å²) in [5.41, 5.74) is 4.61. The lowest BCUT2D eigenvalue weighted by atomic mass is 10.1. The molecule has 1 fully saturated rings. The number of benzene rings is 1. The summed E-state index contributed by atoms with van der Waals surface area (Å²) < 4.78 is 0. The van der Waals surface area contributed by atoms with Crippen molar-refractivity contribution in [3.8, 4) is 11.1 Å². The largest absolute Gasteiger partial charge is 0.351 e. The third kappa shape index (κ3) is 2.79. The highest BCUT2D eigenvalue weighted by Gasteiger charge is 2.32. The van der Waals surface area contributed by atoms with Gasteiger partial charge in [-0.25, -0.2) is 0 Å². The summed E-state index contributed by atoms with van der Waals surface area (Å²) in [6.07, 6.45) is 7.39. The van der Waals surface area contributed by atoms with Gasteiger partial charge in [0.2, 0.25) is 0 Å². The average Bonchev–Trinajstić information content (AvgIpc) is 3.47. The molecule has 0 saturated carbocycles. The Labute approximate surface area is 156 Å². The highest BCUT2D eigenvalue weighted by Crippen LogP contribution is 2.32. The van der Waals surface area contributed by atoms with Crippen molar-refractivity contribution in [2.45, 2.75) is 18.9 Å². The number of hydrogen-bond donors (Lipinski definition) is 2. The zero-order chi connectivity index (χ0) is 18.2. The second-order valence-electron chi connectivity index (χ2n) is 6.88. The Morgan fingerprint density at radius 3 is 2.93 bits per heavy atom. The van der Waals surface area contributed by atoms with E-state index in [0.717, 1.165) is 47.1 Å². The van der Waals surface area contributed by atoms with Crippen LogP contribution in [0.1, 0.15) is 35.1 Å². The molecular weight excluding hydrogens is 338 g/mol. The molecule has 27 heavy (non-hydrogen) atoms. The molecule has 2 N–H and O–H groups in total. The van der Waals surface area contributed by atoms with Crippen LogP contribution in [-0.2, 0) is 0 Å². The zero-order valence-corrected chi connectivity index (χ0v) is 14.7. The number of carbonyl (C=O) groups excluding carboxylic acids is 1. The number of H-pyrrole nitrogens is 2. The fourth-order valence-corrected chi connectivity index (χ4v) is 3.88. The van der Waals surface area contributed by atoms with E-state index < -0.39 is 0 Å². The highest BCUT2D eigenvalue weighted by molar-refractivity contribution is 5.99. The van der Waals surface area contributed by atoms with Crippen LogP contribution in [0.4, 0.5) is 0 Å². The molecule has 0 radical (unpaired) electrons. The molecule has 1 atom stereocenters. The first-order valence-corrected chi connectivity index (χ1v) is 9.13. The lowest BCUT2D eigenvalue weighted by molar-refractivity contribution is 0.0728. The Kier molecular flexibility index (Phi) is 3.74. The van der Waals surface area contributed by atoms with E-state index in [1.165, 1.54) is 0 Å². The smallest absolute Gasteiger partial charge is 0.270 e. The lowest BCUT2D eigenvalue weighted by Gasteiger charge is -2.23. The fourth-order valence-electron chi connectivity index (χ4n) is 3.88. The van der Waals surface area contributed by atoms with Gasteiger partial charge in [-0.05, 0) is 42.7 Å². The van der Waals surface area contributed by atoms with E-state index in [9.17, 15) is 4.79 Å².